The summed E-state index contributed by atoms with van der Waals surface area (Å²) < 4.78 is 2.17. The third-order valence-corrected chi connectivity index (χ3v) is 7.73. The van der Waals surface area contributed by atoms with Crippen LogP contribution < -0.4 is 5.32 Å². The van der Waals surface area contributed by atoms with E-state index in [-0.39, 0.29) is 5.91 Å². The van der Waals surface area contributed by atoms with Crippen molar-refractivity contribution in [3.63, 3.8) is 0 Å². The Labute approximate surface area is 202 Å². The third kappa shape index (κ3) is 5.54. The van der Waals surface area contributed by atoms with Crippen molar-refractivity contribution in [2.75, 3.05) is 11.1 Å². The fourth-order valence-electron chi connectivity index (χ4n) is 4.21. The largest absolute Gasteiger partial charge is 0.325 e. The number of anilines is 1. The average molecular weight is 475 g/mol. The molecular formula is C26H26N4OS2. The van der Waals surface area contributed by atoms with Crippen molar-refractivity contribution >= 4 is 34.7 Å². The second-order valence-corrected chi connectivity index (χ2v) is 10.2. The summed E-state index contributed by atoms with van der Waals surface area (Å²) in [6.45, 7) is 0.784. The monoisotopic (exact) mass is 474 g/mol. The first kappa shape index (κ1) is 21.9. The van der Waals surface area contributed by atoms with Gasteiger partial charge in [0.05, 0.1) is 5.75 Å². The van der Waals surface area contributed by atoms with Gasteiger partial charge in [-0.25, -0.2) is 0 Å². The number of aryl methyl sites for hydroxylation is 3. The minimum atomic E-state index is -0.0182. The van der Waals surface area contributed by atoms with E-state index in [1.54, 1.807) is 11.3 Å². The number of fused-ring (bicyclic) bond motifs is 1. The van der Waals surface area contributed by atoms with Crippen molar-refractivity contribution in [3.8, 4) is 0 Å². The fraction of sp³-hybridized carbons (Fsp3) is 0.269. The number of nitrogens with zero attached hydrogens (tertiary/aromatic N) is 3. The van der Waals surface area contributed by atoms with Crippen molar-refractivity contribution in [2.24, 2.45) is 0 Å². The van der Waals surface area contributed by atoms with Gasteiger partial charge in [-0.1, -0.05) is 54.2 Å². The molecule has 0 fully saturated rings. The van der Waals surface area contributed by atoms with E-state index in [0.29, 0.717) is 5.75 Å². The number of aromatic nitrogens is 3. The standard InChI is InChI=1S/C26H26N4OS2/c31-25(27-22-12-11-20-8-4-9-21(20)16-22)18-33-26-29-28-24(17-23-10-5-15-32-23)30(26)14-13-19-6-2-1-3-7-19/h1-3,5-7,10-12,15-16H,4,8-9,13-14,17-18H2,(H,27,31). The molecular weight excluding hydrogens is 448 g/mol. The van der Waals surface area contributed by atoms with Crippen LogP contribution in [0.2, 0.25) is 0 Å². The summed E-state index contributed by atoms with van der Waals surface area (Å²) in [6, 6.07) is 20.9. The number of amides is 1. The molecule has 5 rings (SSSR count). The molecule has 2 heterocycles. The van der Waals surface area contributed by atoms with Gasteiger partial charge in [0.25, 0.3) is 0 Å². The van der Waals surface area contributed by atoms with E-state index in [9.17, 15) is 4.79 Å². The molecule has 0 unspecified atom stereocenters. The maximum Gasteiger partial charge on any atom is 0.234 e. The molecule has 1 amide bonds. The van der Waals surface area contributed by atoms with Gasteiger partial charge in [0.2, 0.25) is 5.91 Å². The lowest BCUT2D eigenvalue weighted by molar-refractivity contribution is -0.113. The number of hydrogen-bond donors (Lipinski definition) is 1. The molecule has 2 aromatic carbocycles. The Morgan fingerprint density at radius 2 is 1.91 bits per heavy atom. The van der Waals surface area contributed by atoms with E-state index in [4.69, 9.17) is 0 Å². The van der Waals surface area contributed by atoms with E-state index < -0.39 is 0 Å². The normalized spacial score (nSPS) is 12.6. The molecule has 1 aliphatic carbocycles. The van der Waals surface area contributed by atoms with Crippen molar-refractivity contribution < 1.29 is 4.79 Å². The quantitative estimate of drug-likeness (QED) is 0.330. The zero-order valence-electron chi connectivity index (χ0n) is 18.4. The van der Waals surface area contributed by atoms with Crippen LogP contribution in [0.15, 0.2) is 71.2 Å². The van der Waals surface area contributed by atoms with Crippen LogP contribution in [0.5, 0.6) is 0 Å². The number of thioether (sulfide) groups is 1. The highest BCUT2D eigenvalue weighted by atomic mass is 32.2. The van der Waals surface area contributed by atoms with Crippen molar-refractivity contribution in [3.05, 3.63) is 93.4 Å². The molecule has 0 bridgehead atoms. The van der Waals surface area contributed by atoms with E-state index >= 15 is 0 Å². The lowest BCUT2D eigenvalue weighted by Gasteiger charge is -2.11. The predicted molar refractivity (Wildman–Crippen MR) is 135 cm³/mol. The summed E-state index contributed by atoms with van der Waals surface area (Å²) in [4.78, 5) is 13.9. The Kier molecular flexibility index (Phi) is 6.88. The number of thiophene rings is 1. The lowest BCUT2D eigenvalue weighted by Crippen LogP contribution is -2.15. The fourth-order valence-corrected chi connectivity index (χ4v) is 5.70. The summed E-state index contributed by atoms with van der Waals surface area (Å²) in [5, 5.41) is 14.8. The second-order valence-electron chi connectivity index (χ2n) is 8.22. The zero-order chi connectivity index (χ0) is 22.5. The van der Waals surface area contributed by atoms with E-state index in [1.165, 1.54) is 39.8 Å². The van der Waals surface area contributed by atoms with Gasteiger partial charge in [0, 0.05) is 23.5 Å². The maximum atomic E-state index is 12.7. The second kappa shape index (κ2) is 10.4. The third-order valence-electron chi connectivity index (χ3n) is 5.89. The Hall–Kier alpha value is -2.90. The van der Waals surface area contributed by atoms with Gasteiger partial charge in [-0.05, 0) is 66.0 Å². The summed E-state index contributed by atoms with van der Waals surface area (Å²) in [5.41, 5.74) is 4.93. The SMILES string of the molecule is O=C(CSc1nnc(Cc2cccs2)n1CCc1ccccc1)Nc1ccc2c(c1)CCC2. The van der Waals surface area contributed by atoms with E-state index in [0.717, 1.165) is 48.9 Å². The van der Waals surface area contributed by atoms with Gasteiger partial charge < -0.3 is 9.88 Å². The number of benzene rings is 2. The number of rotatable bonds is 9. The molecule has 0 radical (unpaired) electrons. The highest BCUT2D eigenvalue weighted by Crippen LogP contribution is 2.26. The van der Waals surface area contributed by atoms with Crippen LogP contribution in [-0.2, 0) is 37.0 Å². The van der Waals surface area contributed by atoms with Crippen LogP contribution in [0.25, 0.3) is 0 Å². The highest BCUT2D eigenvalue weighted by molar-refractivity contribution is 7.99. The van der Waals surface area contributed by atoms with Crippen LogP contribution >= 0.6 is 23.1 Å². The molecule has 0 atom stereocenters. The van der Waals surface area contributed by atoms with E-state index in [1.807, 2.05) is 12.1 Å². The molecule has 168 valence electrons. The van der Waals surface area contributed by atoms with Gasteiger partial charge in [-0.15, -0.1) is 21.5 Å². The Morgan fingerprint density at radius 3 is 2.76 bits per heavy atom. The molecule has 0 spiro atoms. The van der Waals surface area contributed by atoms with Crippen LogP contribution in [-0.4, -0.2) is 26.4 Å². The topological polar surface area (TPSA) is 59.8 Å². The van der Waals surface area contributed by atoms with Gasteiger partial charge in [-0.2, -0.15) is 0 Å². The molecule has 0 saturated carbocycles. The van der Waals surface area contributed by atoms with Gasteiger partial charge in [0.15, 0.2) is 5.16 Å². The summed E-state index contributed by atoms with van der Waals surface area (Å²) in [7, 11) is 0. The molecule has 7 heteroatoms. The predicted octanol–water partition coefficient (Wildman–Crippen LogP) is 5.39. The highest BCUT2D eigenvalue weighted by Gasteiger charge is 2.16. The van der Waals surface area contributed by atoms with Gasteiger partial charge in [-0.3, -0.25) is 4.79 Å². The molecule has 1 N–H and O–H groups in total. The summed E-state index contributed by atoms with van der Waals surface area (Å²) in [5.74, 6) is 1.23. The van der Waals surface area contributed by atoms with Crippen LogP contribution in [0.1, 0.15) is 33.8 Å². The first-order valence-electron chi connectivity index (χ1n) is 11.3. The number of carbonyl (C=O) groups excluding carboxylic acids is 1. The minimum absolute atomic E-state index is 0.0182. The van der Waals surface area contributed by atoms with Crippen molar-refractivity contribution in [2.45, 2.75) is 43.8 Å². The number of carbonyl (C=O) groups is 1. The number of nitrogens with one attached hydrogen (secondary N) is 1. The molecule has 33 heavy (non-hydrogen) atoms. The Morgan fingerprint density at radius 1 is 1.03 bits per heavy atom. The maximum absolute atomic E-state index is 12.7. The lowest BCUT2D eigenvalue weighted by atomic mass is 10.1. The number of hydrogen-bond acceptors (Lipinski definition) is 5. The first-order valence-corrected chi connectivity index (χ1v) is 13.1. The van der Waals surface area contributed by atoms with Gasteiger partial charge >= 0.3 is 0 Å². The molecule has 0 aliphatic heterocycles. The Bertz CT molecular complexity index is 1220. The Balaban J connectivity index is 1.26. The van der Waals surface area contributed by atoms with Crippen molar-refractivity contribution in [1.29, 1.82) is 0 Å². The van der Waals surface area contributed by atoms with Crippen molar-refractivity contribution in [1.82, 2.24) is 14.8 Å². The molecule has 4 aromatic rings. The molecule has 2 aromatic heterocycles. The minimum Gasteiger partial charge on any atom is -0.325 e. The smallest absolute Gasteiger partial charge is 0.234 e. The van der Waals surface area contributed by atoms with Crippen LogP contribution in [0, 0.1) is 0 Å². The van der Waals surface area contributed by atoms with Crippen LogP contribution in [0.4, 0.5) is 5.69 Å². The molecule has 5 nitrogen and oxygen atoms in total. The summed E-state index contributed by atoms with van der Waals surface area (Å²) >= 11 is 3.18. The average Bonchev–Trinajstić information content (AvgIpc) is 3.59. The van der Waals surface area contributed by atoms with Crippen LogP contribution in [0.3, 0.4) is 0 Å². The zero-order valence-corrected chi connectivity index (χ0v) is 20.0. The van der Waals surface area contributed by atoms with E-state index in [2.05, 4.69) is 74.0 Å². The molecule has 1 aliphatic rings. The summed E-state index contributed by atoms with van der Waals surface area (Å²) in [6.07, 6.45) is 5.10. The first-order chi connectivity index (χ1) is 16.2. The van der Waals surface area contributed by atoms with Gasteiger partial charge in [0.1, 0.15) is 5.82 Å². The molecule has 0 saturated heterocycles.